The summed E-state index contributed by atoms with van der Waals surface area (Å²) < 4.78 is 9.89. The lowest BCUT2D eigenvalue weighted by molar-refractivity contribution is -0.147. The molecule has 0 radical (unpaired) electrons. The third kappa shape index (κ3) is 8.56. The Balaban J connectivity index is 1.71. The average molecular weight is 481 g/mol. The molecule has 0 aliphatic heterocycles. The molecule has 0 heterocycles. The molecule has 8 nitrogen and oxygen atoms in total. The third-order valence-electron chi connectivity index (χ3n) is 3.96. The van der Waals surface area contributed by atoms with Crippen molar-refractivity contribution in [3.05, 3.63) is 58.1 Å². The molecular weight excluding hydrogens is 459 g/mol. The number of anilines is 2. The van der Waals surface area contributed by atoms with E-state index in [0.29, 0.717) is 28.6 Å². The quantitative estimate of drug-likeness (QED) is 0.485. The zero-order valence-corrected chi connectivity index (χ0v) is 18.8. The fourth-order valence-electron chi connectivity index (χ4n) is 2.40. The van der Waals surface area contributed by atoms with Crippen molar-refractivity contribution in [1.82, 2.24) is 0 Å². The van der Waals surface area contributed by atoms with Gasteiger partial charge < -0.3 is 20.1 Å². The Morgan fingerprint density at radius 3 is 2.28 bits per heavy atom. The Kier molecular flexibility index (Phi) is 9.97. The average Bonchev–Trinajstić information content (AvgIpc) is 2.77. The summed E-state index contributed by atoms with van der Waals surface area (Å²) in [7, 11) is 0. The van der Waals surface area contributed by atoms with Crippen molar-refractivity contribution in [3.8, 4) is 0 Å². The summed E-state index contributed by atoms with van der Waals surface area (Å²) in [5.74, 6) is -2.15. The molecule has 0 saturated carbocycles. The summed E-state index contributed by atoms with van der Waals surface area (Å²) in [6.45, 7) is 1.70. The lowest BCUT2D eigenvalue weighted by Gasteiger charge is -2.09. The summed E-state index contributed by atoms with van der Waals surface area (Å²) >= 11 is 11.8. The predicted molar refractivity (Wildman–Crippen MR) is 121 cm³/mol. The van der Waals surface area contributed by atoms with E-state index in [1.807, 2.05) is 6.92 Å². The fraction of sp³-hybridized carbons (Fsp3) is 0.273. The highest BCUT2D eigenvalue weighted by Crippen LogP contribution is 2.25. The van der Waals surface area contributed by atoms with Crippen LogP contribution in [0.2, 0.25) is 10.0 Å². The summed E-state index contributed by atoms with van der Waals surface area (Å²) in [6, 6.07) is 10.7. The van der Waals surface area contributed by atoms with Crippen LogP contribution in [0.1, 0.15) is 36.5 Å². The van der Waals surface area contributed by atoms with E-state index in [1.165, 1.54) is 24.3 Å². The first-order valence-electron chi connectivity index (χ1n) is 9.76. The maximum Gasteiger partial charge on any atom is 0.338 e. The van der Waals surface area contributed by atoms with Gasteiger partial charge in [0.25, 0.3) is 5.91 Å². The predicted octanol–water partition coefficient (Wildman–Crippen LogP) is 4.46. The number of carbonyl (C=O) groups excluding carboxylic acids is 4. The van der Waals surface area contributed by atoms with E-state index in [0.717, 1.165) is 6.42 Å². The molecule has 0 unspecified atom stereocenters. The Hall–Kier alpha value is -3.10. The second kappa shape index (κ2) is 12.7. The Bertz CT molecular complexity index is 979. The lowest BCUT2D eigenvalue weighted by atomic mass is 10.2. The van der Waals surface area contributed by atoms with Gasteiger partial charge in [-0.05, 0) is 48.9 Å². The van der Waals surface area contributed by atoms with Gasteiger partial charge in [-0.2, -0.15) is 0 Å². The van der Waals surface area contributed by atoms with Crippen LogP contribution in [-0.4, -0.2) is 37.0 Å². The van der Waals surface area contributed by atoms with Crippen molar-refractivity contribution in [2.75, 3.05) is 23.8 Å². The molecule has 2 aromatic rings. The molecule has 0 atom stereocenters. The second-order valence-corrected chi connectivity index (χ2v) is 7.44. The fourth-order valence-corrected chi connectivity index (χ4v) is 2.74. The minimum absolute atomic E-state index is 0.138. The SMILES string of the molecule is CCCOC(=O)c1ccc(NC(=O)CCC(=O)OCC(=O)Nc2cc(Cl)ccc2Cl)cc1. The normalized spacial score (nSPS) is 10.2. The van der Waals surface area contributed by atoms with Gasteiger partial charge in [-0.3, -0.25) is 14.4 Å². The number of amides is 2. The molecule has 0 aromatic heterocycles. The number of hydrogen-bond donors (Lipinski definition) is 2. The van der Waals surface area contributed by atoms with Crippen LogP contribution in [0.15, 0.2) is 42.5 Å². The summed E-state index contributed by atoms with van der Waals surface area (Å²) in [5, 5.41) is 5.77. The van der Waals surface area contributed by atoms with Crippen molar-refractivity contribution in [3.63, 3.8) is 0 Å². The molecular formula is C22H22Cl2N2O6. The van der Waals surface area contributed by atoms with E-state index in [2.05, 4.69) is 10.6 Å². The molecule has 0 saturated heterocycles. The van der Waals surface area contributed by atoms with Gasteiger partial charge in [-0.25, -0.2) is 4.79 Å². The lowest BCUT2D eigenvalue weighted by Crippen LogP contribution is -2.22. The molecule has 0 spiro atoms. The van der Waals surface area contributed by atoms with Crippen LogP contribution in [0, 0.1) is 0 Å². The number of esters is 2. The van der Waals surface area contributed by atoms with Gasteiger partial charge in [0, 0.05) is 17.1 Å². The smallest absolute Gasteiger partial charge is 0.338 e. The molecule has 0 bridgehead atoms. The monoisotopic (exact) mass is 480 g/mol. The topological polar surface area (TPSA) is 111 Å². The van der Waals surface area contributed by atoms with Crippen LogP contribution >= 0.6 is 23.2 Å². The van der Waals surface area contributed by atoms with Crippen molar-refractivity contribution >= 4 is 58.3 Å². The first-order valence-corrected chi connectivity index (χ1v) is 10.5. The van der Waals surface area contributed by atoms with Gasteiger partial charge >= 0.3 is 11.9 Å². The van der Waals surface area contributed by atoms with Crippen LogP contribution in [0.3, 0.4) is 0 Å². The van der Waals surface area contributed by atoms with Crippen molar-refractivity contribution in [2.45, 2.75) is 26.2 Å². The minimum atomic E-state index is -0.707. The van der Waals surface area contributed by atoms with Gasteiger partial charge in [-0.15, -0.1) is 0 Å². The molecule has 0 fully saturated rings. The number of nitrogens with one attached hydrogen (secondary N) is 2. The van der Waals surface area contributed by atoms with E-state index in [4.69, 9.17) is 32.7 Å². The van der Waals surface area contributed by atoms with E-state index in [9.17, 15) is 19.2 Å². The largest absolute Gasteiger partial charge is 0.462 e. The first-order chi connectivity index (χ1) is 15.3. The second-order valence-electron chi connectivity index (χ2n) is 6.59. The molecule has 2 rings (SSSR count). The summed E-state index contributed by atoms with van der Waals surface area (Å²) in [5.41, 5.74) is 1.13. The number of benzene rings is 2. The van der Waals surface area contributed by atoms with E-state index < -0.39 is 30.4 Å². The maximum atomic E-state index is 12.0. The van der Waals surface area contributed by atoms with E-state index in [-0.39, 0.29) is 17.9 Å². The number of hydrogen-bond acceptors (Lipinski definition) is 6. The summed E-state index contributed by atoms with van der Waals surface area (Å²) in [6.07, 6.45) is 0.378. The highest BCUT2D eigenvalue weighted by molar-refractivity contribution is 6.35. The molecule has 2 N–H and O–H groups in total. The Morgan fingerprint density at radius 2 is 1.59 bits per heavy atom. The maximum absolute atomic E-state index is 12.0. The highest BCUT2D eigenvalue weighted by Gasteiger charge is 2.13. The number of ether oxygens (including phenoxy) is 2. The van der Waals surface area contributed by atoms with Gasteiger partial charge in [0.15, 0.2) is 6.61 Å². The van der Waals surface area contributed by atoms with E-state index in [1.54, 1.807) is 18.2 Å². The van der Waals surface area contributed by atoms with Crippen molar-refractivity contribution in [2.24, 2.45) is 0 Å². The first kappa shape index (κ1) is 25.2. The molecule has 170 valence electrons. The van der Waals surface area contributed by atoms with Gasteiger partial charge in [-0.1, -0.05) is 30.1 Å². The zero-order valence-electron chi connectivity index (χ0n) is 17.3. The Labute approximate surface area is 195 Å². The molecule has 0 aliphatic carbocycles. The molecule has 2 aromatic carbocycles. The van der Waals surface area contributed by atoms with Crippen LogP contribution < -0.4 is 10.6 Å². The Morgan fingerprint density at radius 1 is 0.875 bits per heavy atom. The van der Waals surface area contributed by atoms with Crippen molar-refractivity contribution < 1.29 is 28.7 Å². The highest BCUT2D eigenvalue weighted by atomic mass is 35.5. The van der Waals surface area contributed by atoms with Crippen molar-refractivity contribution in [1.29, 1.82) is 0 Å². The van der Waals surface area contributed by atoms with Crippen LogP contribution in [0.5, 0.6) is 0 Å². The van der Waals surface area contributed by atoms with Gasteiger partial charge in [0.1, 0.15) is 0 Å². The van der Waals surface area contributed by atoms with Gasteiger partial charge in [0.05, 0.1) is 29.3 Å². The number of rotatable bonds is 10. The molecule has 32 heavy (non-hydrogen) atoms. The number of halogens is 2. The molecule has 0 aliphatic rings. The molecule has 10 heteroatoms. The third-order valence-corrected chi connectivity index (χ3v) is 4.53. The molecule has 2 amide bonds. The number of carbonyl (C=O) groups is 4. The van der Waals surface area contributed by atoms with E-state index >= 15 is 0 Å². The van der Waals surface area contributed by atoms with Crippen LogP contribution in [0.4, 0.5) is 11.4 Å². The van der Waals surface area contributed by atoms with Crippen LogP contribution in [0.25, 0.3) is 0 Å². The minimum Gasteiger partial charge on any atom is -0.462 e. The zero-order chi connectivity index (χ0) is 23.5. The van der Waals surface area contributed by atoms with Crippen LogP contribution in [-0.2, 0) is 23.9 Å². The summed E-state index contributed by atoms with van der Waals surface area (Å²) in [4.78, 5) is 47.5. The van der Waals surface area contributed by atoms with Gasteiger partial charge in [0.2, 0.25) is 5.91 Å². The standard InChI is InChI=1S/C22H22Cl2N2O6/c1-2-11-31-22(30)14-3-6-16(7-4-14)25-19(27)9-10-21(29)32-13-20(28)26-18-12-15(23)5-8-17(18)24/h3-8,12H,2,9-11,13H2,1H3,(H,25,27)(H,26,28).